The number of nitrogens with one attached hydrogen (secondary N) is 1. The predicted molar refractivity (Wildman–Crippen MR) is 73.3 cm³/mol. The van der Waals surface area contributed by atoms with Crippen LogP contribution in [0, 0.1) is 0 Å². The van der Waals surface area contributed by atoms with Crippen LogP contribution < -0.4 is 14.8 Å². The average molecular weight is 288 g/mol. The van der Waals surface area contributed by atoms with Gasteiger partial charge in [-0.05, 0) is 24.6 Å². The van der Waals surface area contributed by atoms with Crippen LogP contribution in [-0.4, -0.2) is 26.4 Å². The average Bonchev–Trinajstić information content (AvgIpc) is 2.39. The van der Waals surface area contributed by atoms with Gasteiger partial charge in [0.2, 0.25) is 0 Å². The van der Waals surface area contributed by atoms with Crippen LogP contribution in [0.1, 0.15) is 24.9 Å². The van der Waals surface area contributed by atoms with Crippen LogP contribution in [0.4, 0.5) is 4.79 Å². The summed E-state index contributed by atoms with van der Waals surface area (Å²) in [5, 5.41) is 2.78. The lowest BCUT2D eigenvalue weighted by molar-refractivity contribution is 0.115. The zero-order chi connectivity index (χ0) is 13.0. The molecule has 106 valence electrons. The smallest absolute Gasteiger partial charge is 0.407 e. The summed E-state index contributed by atoms with van der Waals surface area (Å²) < 4.78 is 15.6. The lowest BCUT2D eigenvalue weighted by atomic mass is 10.0. The van der Waals surface area contributed by atoms with E-state index in [1.165, 1.54) is 0 Å². The maximum atomic E-state index is 11.2. The van der Waals surface area contributed by atoms with Crippen molar-refractivity contribution in [3.8, 4) is 11.5 Å². The molecule has 0 radical (unpaired) electrons. The van der Waals surface area contributed by atoms with Crippen LogP contribution in [0.15, 0.2) is 18.2 Å². The van der Waals surface area contributed by atoms with Crippen LogP contribution in [-0.2, 0) is 4.74 Å². The number of hydrogen-bond acceptors (Lipinski definition) is 4. The summed E-state index contributed by atoms with van der Waals surface area (Å²) in [6, 6.07) is 5.65. The van der Waals surface area contributed by atoms with Crippen molar-refractivity contribution >= 4 is 18.5 Å². The fraction of sp³-hybridized carbons (Fsp3) is 0.462. The topological polar surface area (TPSA) is 56.8 Å². The van der Waals surface area contributed by atoms with Gasteiger partial charge in [0.1, 0.15) is 0 Å². The summed E-state index contributed by atoms with van der Waals surface area (Å²) >= 11 is 0. The molecule has 0 aliphatic carbocycles. The second-order valence-corrected chi connectivity index (χ2v) is 3.96. The zero-order valence-corrected chi connectivity index (χ0v) is 11.8. The number of carbonyl (C=O) groups is 1. The fourth-order valence-corrected chi connectivity index (χ4v) is 1.95. The quantitative estimate of drug-likeness (QED) is 0.925. The van der Waals surface area contributed by atoms with E-state index in [2.05, 4.69) is 5.32 Å². The van der Waals surface area contributed by atoms with Gasteiger partial charge in [0.25, 0.3) is 0 Å². The summed E-state index contributed by atoms with van der Waals surface area (Å²) in [6.45, 7) is 2.93. The Labute approximate surface area is 118 Å². The fourth-order valence-electron chi connectivity index (χ4n) is 1.95. The van der Waals surface area contributed by atoms with Crippen LogP contribution in [0.5, 0.6) is 11.5 Å². The molecule has 0 aromatic heterocycles. The molecule has 0 unspecified atom stereocenters. The first kappa shape index (κ1) is 15.4. The van der Waals surface area contributed by atoms with Gasteiger partial charge in [-0.25, -0.2) is 4.79 Å². The highest BCUT2D eigenvalue weighted by atomic mass is 35.5. The lowest BCUT2D eigenvalue weighted by Gasteiger charge is -2.24. The molecule has 2 rings (SSSR count). The van der Waals surface area contributed by atoms with E-state index >= 15 is 0 Å². The number of hydrogen-bond donors (Lipinski definition) is 1. The molecule has 0 bridgehead atoms. The number of halogens is 1. The Bertz CT molecular complexity index is 439. The molecule has 6 heteroatoms. The van der Waals surface area contributed by atoms with E-state index in [0.29, 0.717) is 24.7 Å². The number of methoxy groups -OCH3 is 1. The highest BCUT2D eigenvalue weighted by molar-refractivity contribution is 5.85. The minimum atomic E-state index is -0.375. The van der Waals surface area contributed by atoms with Crippen molar-refractivity contribution in [2.24, 2.45) is 0 Å². The van der Waals surface area contributed by atoms with Gasteiger partial charge in [0.15, 0.2) is 11.5 Å². The number of carbonyl (C=O) groups excluding carboxylic acids is 1. The molecule has 1 aliphatic heterocycles. The number of amides is 1. The van der Waals surface area contributed by atoms with Crippen LogP contribution in [0.3, 0.4) is 0 Å². The van der Waals surface area contributed by atoms with Crippen molar-refractivity contribution in [2.45, 2.75) is 19.4 Å². The van der Waals surface area contributed by atoms with E-state index in [1.54, 1.807) is 7.11 Å². The van der Waals surface area contributed by atoms with Gasteiger partial charge in [0, 0.05) is 6.42 Å². The second-order valence-electron chi connectivity index (χ2n) is 3.96. The molecule has 1 saturated heterocycles. The Balaban J connectivity index is 0.00000180. The van der Waals surface area contributed by atoms with E-state index in [-0.39, 0.29) is 24.5 Å². The summed E-state index contributed by atoms with van der Waals surface area (Å²) in [7, 11) is 1.60. The Kier molecular flexibility index (Phi) is 5.76. The third-order valence-corrected chi connectivity index (χ3v) is 2.82. The van der Waals surface area contributed by atoms with Crippen LogP contribution in [0.25, 0.3) is 0 Å². The maximum absolute atomic E-state index is 11.2. The first-order valence-electron chi connectivity index (χ1n) is 5.98. The second kappa shape index (κ2) is 7.09. The predicted octanol–water partition coefficient (Wildman–Crippen LogP) is 2.69. The number of ether oxygens (including phenoxy) is 3. The minimum absolute atomic E-state index is 0. The largest absolute Gasteiger partial charge is 0.493 e. The van der Waals surface area contributed by atoms with Gasteiger partial charge in [-0.1, -0.05) is 6.07 Å². The molecule has 19 heavy (non-hydrogen) atoms. The Morgan fingerprint density at radius 2 is 2.21 bits per heavy atom. The number of cyclic esters (lactones) is 1. The molecule has 5 nitrogen and oxygen atoms in total. The normalized spacial score (nSPS) is 17.8. The SMILES string of the molecule is CCOc1cc([C@@H]2CCOC(=O)N2)ccc1OC.Cl. The standard InChI is InChI=1S/C13H17NO4.ClH/c1-3-17-12-8-9(4-5-11(12)16-2)10-6-7-18-13(15)14-10;/h4-5,8,10H,3,6-7H2,1-2H3,(H,14,15);1H/t10-;/m0./s1. The van der Waals surface area contributed by atoms with Crippen molar-refractivity contribution < 1.29 is 19.0 Å². The zero-order valence-electron chi connectivity index (χ0n) is 11.0. The van der Waals surface area contributed by atoms with Crippen molar-refractivity contribution in [1.82, 2.24) is 5.32 Å². The van der Waals surface area contributed by atoms with Crippen LogP contribution in [0.2, 0.25) is 0 Å². The molecule has 1 amide bonds. The van der Waals surface area contributed by atoms with Gasteiger partial charge in [-0.15, -0.1) is 12.4 Å². The molecule has 1 aromatic rings. The molecule has 1 N–H and O–H groups in total. The lowest BCUT2D eigenvalue weighted by Crippen LogP contribution is -2.35. The molecule has 1 heterocycles. The number of rotatable bonds is 4. The van der Waals surface area contributed by atoms with E-state index in [0.717, 1.165) is 12.0 Å². The Morgan fingerprint density at radius 1 is 1.42 bits per heavy atom. The van der Waals surface area contributed by atoms with Gasteiger partial charge in [-0.3, -0.25) is 0 Å². The third kappa shape index (κ3) is 3.67. The molecule has 0 spiro atoms. The number of alkyl carbamates (subject to hydrolysis) is 1. The maximum Gasteiger partial charge on any atom is 0.407 e. The van der Waals surface area contributed by atoms with Gasteiger partial charge < -0.3 is 19.5 Å². The molecule has 0 saturated carbocycles. The van der Waals surface area contributed by atoms with Crippen molar-refractivity contribution in [1.29, 1.82) is 0 Å². The van der Waals surface area contributed by atoms with Crippen molar-refractivity contribution in [2.75, 3.05) is 20.3 Å². The highest BCUT2D eigenvalue weighted by Gasteiger charge is 2.21. The van der Waals surface area contributed by atoms with Crippen LogP contribution >= 0.6 is 12.4 Å². The van der Waals surface area contributed by atoms with Gasteiger partial charge in [-0.2, -0.15) is 0 Å². The minimum Gasteiger partial charge on any atom is -0.493 e. The van der Waals surface area contributed by atoms with Crippen molar-refractivity contribution in [3.05, 3.63) is 23.8 Å². The summed E-state index contributed by atoms with van der Waals surface area (Å²) in [5.41, 5.74) is 0.996. The Hall–Kier alpha value is -1.62. The first-order chi connectivity index (χ1) is 8.74. The van der Waals surface area contributed by atoms with E-state index in [1.807, 2.05) is 25.1 Å². The first-order valence-corrected chi connectivity index (χ1v) is 5.98. The van der Waals surface area contributed by atoms with E-state index in [9.17, 15) is 4.79 Å². The Morgan fingerprint density at radius 3 is 2.84 bits per heavy atom. The number of benzene rings is 1. The van der Waals surface area contributed by atoms with E-state index < -0.39 is 0 Å². The van der Waals surface area contributed by atoms with Gasteiger partial charge >= 0.3 is 6.09 Å². The molecular formula is C13H18ClNO4. The molecule has 1 fully saturated rings. The van der Waals surface area contributed by atoms with E-state index in [4.69, 9.17) is 14.2 Å². The van der Waals surface area contributed by atoms with Gasteiger partial charge in [0.05, 0.1) is 26.4 Å². The molecular weight excluding hydrogens is 270 g/mol. The third-order valence-electron chi connectivity index (χ3n) is 2.82. The van der Waals surface area contributed by atoms with Crippen molar-refractivity contribution in [3.63, 3.8) is 0 Å². The molecule has 1 aromatic carbocycles. The highest BCUT2D eigenvalue weighted by Crippen LogP contribution is 2.31. The molecule has 1 atom stereocenters. The molecule has 1 aliphatic rings. The summed E-state index contributed by atoms with van der Waals surface area (Å²) in [6.07, 6.45) is 0.379. The summed E-state index contributed by atoms with van der Waals surface area (Å²) in [5.74, 6) is 1.39. The summed E-state index contributed by atoms with van der Waals surface area (Å²) in [4.78, 5) is 11.2. The monoisotopic (exact) mass is 287 g/mol.